The maximum atomic E-state index is 6.61. The van der Waals surface area contributed by atoms with Gasteiger partial charge in [0, 0.05) is 13.0 Å². The maximum absolute atomic E-state index is 6.61. The van der Waals surface area contributed by atoms with Crippen LogP contribution in [0.15, 0.2) is 48.5 Å². The van der Waals surface area contributed by atoms with Crippen LogP contribution in [0.1, 0.15) is 48.9 Å². The highest BCUT2D eigenvalue weighted by molar-refractivity contribution is 5.39. The molecule has 1 aliphatic heterocycles. The number of aryl methyl sites for hydroxylation is 2. The van der Waals surface area contributed by atoms with Crippen LogP contribution in [0, 0.1) is 13.8 Å². The van der Waals surface area contributed by atoms with Crippen molar-refractivity contribution in [3.8, 4) is 0 Å². The van der Waals surface area contributed by atoms with Crippen molar-refractivity contribution in [2.75, 3.05) is 6.61 Å². The normalized spacial score (nSPS) is 23.1. The fourth-order valence-electron chi connectivity index (χ4n) is 3.50. The van der Waals surface area contributed by atoms with E-state index < -0.39 is 11.4 Å². The molecular weight excluding hydrogens is 284 g/mol. The van der Waals surface area contributed by atoms with Gasteiger partial charge in [-0.3, -0.25) is 0 Å². The summed E-state index contributed by atoms with van der Waals surface area (Å²) in [5.74, 6) is -0.523. The molecule has 2 aromatic carbocycles. The van der Waals surface area contributed by atoms with Gasteiger partial charge in [0.15, 0.2) is 5.79 Å². The third kappa shape index (κ3) is 3.06. The van der Waals surface area contributed by atoms with Crippen LogP contribution in [0.3, 0.4) is 0 Å². The van der Waals surface area contributed by atoms with E-state index in [2.05, 4.69) is 69.3 Å². The van der Waals surface area contributed by atoms with Crippen LogP contribution in [0.2, 0.25) is 0 Å². The Hall–Kier alpha value is -1.64. The molecule has 2 nitrogen and oxygen atoms in total. The third-order valence-electron chi connectivity index (χ3n) is 4.81. The molecule has 1 atom stereocenters. The Labute approximate surface area is 139 Å². The lowest BCUT2D eigenvalue weighted by Crippen LogP contribution is -2.35. The summed E-state index contributed by atoms with van der Waals surface area (Å²) in [5.41, 5.74) is 4.51. The van der Waals surface area contributed by atoms with Gasteiger partial charge in [-0.25, -0.2) is 0 Å². The molecule has 0 aromatic heterocycles. The van der Waals surface area contributed by atoms with Crippen LogP contribution < -0.4 is 0 Å². The lowest BCUT2D eigenvalue weighted by atomic mass is 9.83. The first-order chi connectivity index (χ1) is 11.0. The molecule has 0 radical (unpaired) electrons. The average Bonchev–Trinajstić information content (AvgIpc) is 2.88. The van der Waals surface area contributed by atoms with Gasteiger partial charge >= 0.3 is 0 Å². The largest absolute Gasteiger partial charge is 0.350 e. The highest BCUT2D eigenvalue weighted by Gasteiger charge is 2.49. The van der Waals surface area contributed by atoms with Gasteiger partial charge in [-0.2, -0.15) is 0 Å². The van der Waals surface area contributed by atoms with Crippen LogP contribution in [-0.4, -0.2) is 12.4 Å². The molecule has 0 saturated carbocycles. The molecule has 1 heterocycles. The van der Waals surface area contributed by atoms with E-state index >= 15 is 0 Å². The minimum Gasteiger partial charge on any atom is -0.350 e. The molecule has 0 N–H and O–H groups in total. The molecule has 122 valence electrons. The van der Waals surface area contributed by atoms with E-state index in [4.69, 9.17) is 9.47 Å². The second-order valence-electron chi connectivity index (χ2n) is 6.73. The minimum atomic E-state index is -0.523. The monoisotopic (exact) mass is 310 g/mol. The number of hydrogen-bond acceptors (Lipinski definition) is 2. The van der Waals surface area contributed by atoms with Crippen molar-refractivity contribution in [3.63, 3.8) is 0 Å². The zero-order valence-electron chi connectivity index (χ0n) is 14.6. The van der Waals surface area contributed by atoms with E-state index in [1.54, 1.807) is 0 Å². The lowest BCUT2D eigenvalue weighted by molar-refractivity contribution is -0.233. The average molecular weight is 310 g/mol. The quantitative estimate of drug-likeness (QED) is 0.781. The Balaban J connectivity index is 2.07. The van der Waals surface area contributed by atoms with Crippen molar-refractivity contribution >= 4 is 0 Å². The summed E-state index contributed by atoms with van der Waals surface area (Å²) >= 11 is 0. The summed E-state index contributed by atoms with van der Waals surface area (Å²) in [6.45, 7) is 8.96. The molecule has 2 aromatic rings. The zero-order valence-corrected chi connectivity index (χ0v) is 14.6. The van der Waals surface area contributed by atoms with Gasteiger partial charge < -0.3 is 9.47 Å². The number of ether oxygens (including phenoxy) is 2. The Bertz CT molecular complexity index is 612. The van der Waals surface area contributed by atoms with E-state index in [9.17, 15) is 0 Å². The predicted molar refractivity (Wildman–Crippen MR) is 93.5 cm³/mol. The van der Waals surface area contributed by atoms with Gasteiger partial charge in [-0.05, 0) is 45.2 Å². The Morgan fingerprint density at radius 1 is 0.870 bits per heavy atom. The van der Waals surface area contributed by atoms with Crippen LogP contribution in [-0.2, 0) is 15.1 Å². The van der Waals surface area contributed by atoms with E-state index in [1.807, 2.05) is 6.92 Å². The van der Waals surface area contributed by atoms with Crippen molar-refractivity contribution in [2.45, 2.75) is 51.9 Å². The van der Waals surface area contributed by atoms with Crippen LogP contribution in [0.4, 0.5) is 0 Å². The van der Waals surface area contributed by atoms with Crippen molar-refractivity contribution in [1.29, 1.82) is 0 Å². The number of rotatable bonds is 4. The second-order valence-corrected chi connectivity index (χ2v) is 6.73. The third-order valence-corrected chi connectivity index (χ3v) is 4.81. The number of hydrogen-bond donors (Lipinski definition) is 0. The molecule has 0 spiro atoms. The fourth-order valence-corrected chi connectivity index (χ4v) is 3.50. The summed E-state index contributed by atoms with van der Waals surface area (Å²) in [7, 11) is 0. The van der Waals surface area contributed by atoms with Crippen LogP contribution >= 0.6 is 0 Å². The molecule has 3 rings (SSSR count). The predicted octanol–water partition coefficient (Wildman–Crippen LogP) is 5.11. The standard InChI is InChI=1S/C21H26O2/c1-5-22-20(4)14-15-21(23-20,18-10-6-16(2)7-11-18)19-12-8-17(3)9-13-19/h6-13H,5,14-15H2,1-4H3. The van der Waals surface area contributed by atoms with Crippen LogP contribution in [0.5, 0.6) is 0 Å². The molecule has 1 unspecified atom stereocenters. The van der Waals surface area contributed by atoms with Gasteiger partial charge in [0.2, 0.25) is 0 Å². The first-order valence-electron chi connectivity index (χ1n) is 8.46. The zero-order chi connectivity index (χ0) is 16.5. The highest BCUT2D eigenvalue weighted by atomic mass is 16.7. The molecule has 2 heteroatoms. The summed E-state index contributed by atoms with van der Waals surface area (Å²) in [4.78, 5) is 0. The van der Waals surface area contributed by atoms with Gasteiger partial charge in [-0.1, -0.05) is 59.7 Å². The van der Waals surface area contributed by atoms with Gasteiger partial charge in [0.25, 0.3) is 0 Å². The summed E-state index contributed by atoms with van der Waals surface area (Å²) in [6.07, 6.45) is 1.82. The van der Waals surface area contributed by atoms with Crippen molar-refractivity contribution in [1.82, 2.24) is 0 Å². The van der Waals surface area contributed by atoms with Gasteiger partial charge in [-0.15, -0.1) is 0 Å². The van der Waals surface area contributed by atoms with Gasteiger partial charge in [0.05, 0.1) is 0 Å². The Morgan fingerprint density at radius 2 is 1.35 bits per heavy atom. The van der Waals surface area contributed by atoms with Gasteiger partial charge in [0.1, 0.15) is 5.60 Å². The van der Waals surface area contributed by atoms with E-state index in [0.29, 0.717) is 6.61 Å². The topological polar surface area (TPSA) is 18.5 Å². The highest BCUT2D eigenvalue weighted by Crippen LogP contribution is 2.49. The molecule has 1 saturated heterocycles. The van der Waals surface area contributed by atoms with Crippen LogP contribution in [0.25, 0.3) is 0 Å². The summed E-state index contributed by atoms with van der Waals surface area (Å²) in [5, 5.41) is 0. The lowest BCUT2D eigenvalue weighted by Gasteiger charge is -2.34. The Morgan fingerprint density at radius 3 is 1.78 bits per heavy atom. The van der Waals surface area contributed by atoms with Crippen molar-refractivity contribution in [3.05, 3.63) is 70.8 Å². The molecule has 0 bridgehead atoms. The SMILES string of the molecule is CCOC1(C)CCC(c2ccc(C)cc2)(c2ccc(C)cc2)O1. The first-order valence-corrected chi connectivity index (χ1v) is 8.46. The number of benzene rings is 2. The Kier molecular flexibility index (Phi) is 4.31. The summed E-state index contributed by atoms with van der Waals surface area (Å²) in [6, 6.07) is 17.4. The first kappa shape index (κ1) is 16.2. The van der Waals surface area contributed by atoms with Crippen molar-refractivity contribution < 1.29 is 9.47 Å². The minimum absolute atomic E-state index is 0.425. The summed E-state index contributed by atoms with van der Waals surface area (Å²) < 4.78 is 12.5. The molecular formula is C21H26O2. The van der Waals surface area contributed by atoms with E-state index in [1.165, 1.54) is 22.3 Å². The van der Waals surface area contributed by atoms with Crippen molar-refractivity contribution in [2.24, 2.45) is 0 Å². The molecule has 1 fully saturated rings. The molecule has 1 aliphatic rings. The van der Waals surface area contributed by atoms with E-state index in [0.717, 1.165) is 12.8 Å². The second kappa shape index (κ2) is 6.10. The molecule has 0 amide bonds. The maximum Gasteiger partial charge on any atom is 0.167 e. The smallest absolute Gasteiger partial charge is 0.167 e. The fraction of sp³-hybridized carbons (Fsp3) is 0.429. The molecule has 0 aliphatic carbocycles. The van der Waals surface area contributed by atoms with E-state index in [-0.39, 0.29) is 0 Å². The molecule has 23 heavy (non-hydrogen) atoms.